The highest BCUT2D eigenvalue weighted by Crippen LogP contribution is 2.19. The van der Waals surface area contributed by atoms with Gasteiger partial charge in [-0.05, 0) is 17.8 Å². The lowest BCUT2D eigenvalue weighted by atomic mass is 9.91. The summed E-state index contributed by atoms with van der Waals surface area (Å²) in [5.74, 6) is 0.903. The van der Waals surface area contributed by atoms with Crippen LogP contribution in [0.4, 0.5) is 0 Å². The molecule has 0 rings (SSSR count). The van der Waals surface area contributed by atoms with E-state index in [1.807, 2.05) is 0 Å². The summed E-state index contributed by atoms with van der Waals surface area (Å²) >= 11 is 0. The van der Waals surface area contributed by atoms with Crippen molar-refractivity contribution in [3.05, 3.63) is 0 Å². The molecule has 0 bridgehead atoms. The second-order valence-corrected chi connectivity index (χ2v) is 5.85. The second kappa shape index (κ2) is 9.55. The Morgan fingerprint density at radius 1 is 0.929 bits per heavy atom. The van der Waals surface area contributed by atoms with E-state index in [1.54, 1.807) is 0 Å². The van der Waals surface area contributed by atoms with Gasteiger partial charge in [0, 0.05) is 0 Å². The fraction of sp³-hybridized carbons (Fsp3) is 1.00. The molecule has 0 aliphatic carbocycles. The molecule has 0 aromatic carbocycles. The molecule has 0 aliphatic rings. The van der Waals surface area contributed by atoms with Gasteiger partial charge >= 0.3 is 0 Å². The standard InChI is InChI=1S/2C7H16/c1-5-6-7(2,3)4;1-4-5-6-7(2)3/h5-6H2,1-4H3;7H,4-6H2,1-3H3. The summed E-state index contributed by atoms with van der Waals surface area (Å²) in [6, 6.07) is 0. The van der Waals surface area contributed by atoms with E-state index in [-0.39, 0.29) is 0 Å². The molecule has 0 heteroatoms. The zero-order chi connectivity index (χ0) is 11.6. The molecule has 0 amide bonds. The number of rotatable bonds is 4. The number of hydrogen-bond donors (Lipinski definition) is 0. The first-order valence-electron chi connectivity index (χ1n) is 6.33. The summed E-state index contributed by atoms with van der Waals surface area (Å²) in [7, 11) is 0. The Hall–Kier alpha value is 0. The third kappa shape index (κ3) is 22.7. The minimum atomic E-state index is 0.550. The summed E-state index contributed by atoms with van der Waals surface area (Å²) in [6.07, 6.45) is 6.79. The van der Waals surface area contributed by atoms with Crippen LogP contribution >= 0.6 is 0 Å². The van der Waals surface area contributed by atoms with Crippen LogP contribution in [0.5, 0.6) is 0 Å². The number of hydrogen-bond acceptors (Lipinski definition) is 0. The highest BCUT2D eigenvalue weighted by molar-refractivity contribution is 4.58. The van der Waals surface area contributed by atoms with Crippen LogP contribution in [0.1, 0.15) is 80.6 Å². The van der Waals surface area contributed by atoms with Gasteiger partial charge in [0.2, 0.25) is 0 Å². The smallest absolute Gasteiger partial charge is 0.0383 e. The van der Waals surface area contributed by atoms with Gasteiger partial charge in [0.05, 0.1) is 0 Å². The fourth-order valence-corrected chi connectivity index (χ4v) is 1.36. The molecule has 0 spiro atoms. The monoisotopic (exact) mass is 200 g/mol. The fourth-order valence-electron chi connectivity index (χ4n) is 1.36. The Balaban J connectivity index is 0. The first-order chi connectivity index (χ1) is 6.33. The molecule has 0 saturated carbocycles. The van der Waals surface area contributed by atoms with Crippen LogP contribution in [0.2, 0.25) is 0 Å². The van der Waals surface area contributed by atoms with Crippen molar-refractivity contribution in [2.45, 2.75) is 80.6 Å². The van der Waals surface area contributed by atoms with Crippen molar-refractivity contribution >= 4 is 0 Å². The normalized spacial score (nSPS) is 11.1. The van der Waals surface area contributed by atoms with Crippen molar-refractivity contribution in [3.8, 4) is 0 Å². The Labute approximate surface area is 92.5 Å². The lowest BCUT2D eigenvalue weighted by molar-refractivity contribution is 0.373. The van der Waals surface area contributed by atoms with E-state index in [2.05, 4.69) is 48.5 Å². The molecule has 0 atom stereocenters. The van der Waals surface area contributed by atoms with Crippen molar-refractivity contribution in [1.29, 1.82) is 0 Å². The van der Waals surface area contributed by atoms with Gasteiger partial charge in [-0.3, -0.25) is 0 Å². The molecule has 0 saturated heterocycles. The van der Waals surface area contributed by atoms with Crippen LogP contribution in [-0.2, 0) is 0 Å². The van der Waals surface area contributed by atoms with Crippen molar-refractivity contribution in [1.82, 2.24) is 0 Å². The molecular weight excluding hydrogens is 168 g/mol. The van der Waals surface area contributed by atoms with Gasteiger partial charge < -0.3 is 0 Å². The third-order valence-electron chi connectivity index (χ3n) is 2.14. The van der Waals surface area contributed by atoms with Crippen molar-refractivity contribution in [2.75, 3.05) is 0 Å². The Kier molecular flexibility index (Phi) is 11.2. The van der Waals surface area contributed by atoms with E-state index >= 15 is 0 Å². The van der Waals surface area contributed by atoms with Crippen LogP contribution in [-0.4, -0.2) is 0 Å². The van der Waals surface area contributed by atoms with Crippen molar-refractivity contribution in [3.63, 3.8) is 0 Å². The zero-order valence-electron chi connectivity index (χ0n) is 11.6. The Morgan fingerprint density at radius 3 is 1.50 bits per heavy atom. The highest BCUT2D eigenvalue weighted by atomic mass is 14.1. The maximum Gasteiger partial charge on any atom is -0.0383 e. The molecule has 0 aromatic rings. The van der Waals surface area contributed by atoms with E-state index in [9.17, 15) is 0 Å². The van der Waals surface area contributed by atoms with Crippen molar-refractivity contribution < 1.29 is 0 Å². The first kappa shape index (κ1) is 16.4. The average Bonchev–Trinajstić information content (AvgIpc) is 1.99. The van der Waals surface area contributed by atoms with E-state index < -0.39 is 0 Å². The van der Waals surface area contributed by atoms with Crippen LogP contribution in [0.25, 0.3) is 0 Å². The lowest BCUT2D eigenvalue weighted by Crippen LogP contribution is -2.02. The lowest BCUT2D eigenvalue weighted by Gasteiger charge is -2.15. The van der Waals surface area contributed by atoms with E-state index in [0.717, 1.165) is 5.92 Å². The summed E-state index contributed by atoms with van der Waals surface area (Å²) in [5.41, 5.74) is 0.550. The molecule has 14 heavy (non-hydrogen) atoms. The third-order valence-corrected chi connectivity index (χ3v) is 2.14. The second-order valence-electron chi connectivity index (χ2n) is 5.85. The van der Waals surface area contributed by atoms with Gasteiger partial charge in [0.1, 0.15) is 0 Å². The summed E-state index contributed by atoms with van der Waals surface area (Å²) in [4.78, 5) is 0. The molecule has 0 aromatic heterocycles. The summed E-state index contributed by atoms with van der Waals surface area (Å²) in [6.45, 7) is 15.8. The van der Waals surface area contributed by atoms with Crippen LogP contribution in [0, 0.1) is 11.3 Å². The number of unbranched alkanes of at least 4 members (excludes halogenated alkanes) is 1. The maximum atomic E-state index is 2.27. The van der Waals surface area contributed by atoms with Gasteiger partial charge in [-0.25, -0.2) is 0 Å². The summed E-state index contributed by atoms with van der Waals surface area (Å²) in [5, 5.41) is 0. The minimum absolute atomic E-state index is 0.550. The predicted octanol–water partition coefficient (Wildman–Crippen LogP) is 5.67. The quantitative estimate of drug-likeness (QED) is 0.549. The van der Waals surface area contributed by atoms with E-state index in [0.29, 0.717) is 5.41 Å². The molecule has 0 heterocycles. The van der Waals surface area contributed by atoms with Gasteiger partial charge in [-0.2, -0.15) is 0 Å². The largest absolute Gasteiger partial charge is 0.0654 e. The van der Waals surface area contributed by atoms with Crippen LogP contribution in [0.15, 0.2) is 0 Å². The molecule has 0 nitrogen and oxygen atoms in total. The zero-order valence-corrected chi connectivity index (χ0v) is 11.6. The van der Waals surface area contributed by atoms with Gasteiger partial charge in [-0.15, -0.1) is 0 Å². The van der Waals surface area contributed by atoms with Gasteiger partial charge in [0.25, 0.3) is 0 Å². The molecule has 0 N–H and O–H groups in total. The molecule has 0 fully saturated rings. The van der Waals surface area contributed by atoms with E-state index in [1.165, 1.54) is 32.1 Å². The average molecular weight is 200 g/mol. The van der Waals surface area contributed by atoms with Crippen LogP contribution in [0.3, 0.4) is 0 Å². The first-order valence-corrected chi connectivity index (χ1v) is 6.33. The van der Waals surface area contributed by atoms with Crippen molar-refractivity contribution in [2.24, 2.45) is 11.3 Å². The SMILES string of the molecule is CCCC(C)(C)C.CCCCC(C)C. The molecule has 0 radical (unpaired) electrons. The summed E-state index contributed by atoms with van der Waals surface area (Å²) < 4.78 is 0. The molecule has 0 unspecified atom stereocenters. The Bertz CT molecular complexity index is 95.1. The highest BCUT2D eigenvalue weighted by Gasteiger charge is 2.06. The van der Waals surface area contributed by atoms with Gasteiger partial charge in [-0.1, -0.05) is 74.1 Å². The van der Waals surface area contributed by atoms with Gasteiger partial charge in [0.15, 0.2) is 0 Å². The molecule has 88 valence electrons. The maximum absolute atomic E-state index is 2.27. The molecular formula is C14H32. The topological polar surface area (TPSA) is 0 Å². The van der Waals surface area contributed by atoms with Crippen LogP contribution < -0.4 is 0 Å². The minimum Gasteiger partial charge on any atom is -0.0654 e. The molecule has 0 aliphatic heterocycles. The van der Waals surface area contributed by atoms with E-state index in [4.69, 9.17) is 0 Å². The predicted molar refractivity (Wildman–Crippen MR) is 68.7 cm³/mol. The Morgan fingerprint density at radius 2 is 1.43 bits per heavy atom.